The van der Waals surface area contributed by atoms with Gasteiger partial charge in [0.05, 0.1) is 0 Å². The molecule has 8 heteroatoms. The number of imidazole rings is 1. The van der Waals surface area contributed by atoms with Gasteiger partial charge in [0.15, 0.2) is 0 Å². The molecule has 0 saturated heterocycles. The van der Waals surface area contributed by atoms with Crippen LogP contribution < -0.4 is 4.74 Å². The summed E-state index contributed by atoms with van der Waals surface area (Å²) in [5, 5.41) is 12.8. The molecule has 0 atom stereocenters. The molecule has 0 amide bonds. The summed E-state index contributed by atoms with van der Waals surface area (Å²) >= 11 is 4.62. The Morgan fingerprint density at radius 3 is 2.79 bits per heavy atom. The molecule has 0 N–H and O–H groups in total. The molecule has 2 heterocycles. The molecular formula is C11H6BrN3O3S. The van der Waals surface area contributed by atoms with E-state index in [4.69, 9.17) is 4.74 Å². The second kappa shape index (κ2) is 4.63. The third-order valence-electron chi connectivity index (χ3n) is 2.41. The van der Waals surface area contributed by atoms with Crippen molar-refractivity contribution in [2.45, 2.75) is 0 Å². The van der Waals surface area contributed by atoms with Gasteiger partial charge in [-0.25, -0.2) is 0 Å². The molecule has 3 aromatic rings. The average Bonchev–Trinajstić information content (AvgIpc) is 2.91. The number of nitrogens with zero attached hydrogens (tertiary/aromatic N) is 3. The lowest BCUT2D eigenvalue weighted by molar-refractivity contribution is -0.391. The number of aromatic nitrogens is 2. The van der Waals surface area contributed by atoms with Gasteiger partial charge in [0.2, 0.25) is 0 Å². The highest BCUT2D eigenvalue weighted by Crippen LogP contribution is 2.33. The van der Waals surface area contributed by atoms with Crippen molar-refractivity contribution in [2.24, 2.45) is 0 Å². The van der Waals surface area contributed by atoms with Crippen molar-refractivity contribution >= 4 is 38.0 Å². The first-order valence-corrected chi connectivity index (χ1v) is 6.86. The lowest BCUT2D eigenvalue weighted by atomic mass is 10.3. The van der Waals surface area contributed by atoms with E-state index in [2.05, 4.69) is 20.9 Å². The molecule has 19 heavy (non-hydrogen) atoms. The van der Waals surface area contributed by atoms with E-state index < -0.39 is 4.92 Å². The fourth-order valence-electron chi connectivity index (χ4n) is 1.60. The summed E-state index contributed by atoms with van der Waals surface area (Å²) in [6, 6.07) is 7.00. The summed E-state index contributed by atoms with van der Waals surface area (Å²) in [6.45, 7) is 0. The predicted molar refractivity (Wildman–Crippen MR) is 73.9 cm³/mol. The quantitative estimate of drug-likeness (QED) is 0.536. The van der Waals surface area contributed by atoms with Crippen LogP contribution in [-0.2, 0) is 0 Å². The number of benzene rings is 1. The first-order valence-electron chi connectivity index (χ1n) is 5.18. The minimum Gasteiger partial charge on any atom is -0.433 e. The first kappa shape index (κ1) is 12.1. The SMILES string of the molecule is O=[N+]([O-])c1c(Oc2ccc(Br)cc2)nc2sccn12. The minimum atomic E-state index is -0.499. The van der Waals surface area contributed by atoms with E-state index in [9.17, 15) is 10.1 Å². The molecule has 0 aliphatic rings. The highest BCUT2D eigenvalue weighted by molar-refractivity contribution is 9.10. The van der Waals surface area contributed by atoms with Crippen LogP contribution in [0.5, 0.6) is 11.6 Å². The standard InChI is InChI=1S/C11H6BrN3O3S/c12-7-1-3-8(4-2-7)18-9-10(15(16)17)14-5-6-19-11(14)13-9/h1-6H. The third kappa shape index (κ3) is 2.20. The van der Waals surface area contributed by atoms with Gasteiger partial charge in [-0.2, -0.15) is 9.38 Å². The number of nitro groups is 1. The van der Waals surface area contributed by atoms with Crippen LogP contribution in [0.1, 0.15) is 0 Å². The monoisotopic (exact) mass is 339 g/mol. The van der Waals surface area contributed by atoms with E-state index in [1.807, 2.05) is 0 Å². The normalized spacial score (nSPS) is 10.8. The number of thiazole rings is 1. The molecule has 0 aliphatic heterocycles. The Hall–Kier alpha value is -1.93. The molecule has 3 rings (SSSR count). The Morgan fingerprint density at radius 1 is 1.37 bits per heavy atom. The van der Waals surface area contributed by atoms with Crippen molar-refractivity contribution in [1.82, 2.24) is 9.38 Å². The summed E-state index contributed by atoms with van der Waals surface area (Å²) in [5.74, 6) is 0.329. The van der Waals surface area contributed by atoms with E-state index >= 15 is 0 Å². The van der Waals surface area contributed by atoms with E-state index in [1.165, 1.54) is 15.7 Å². The van der Waals surface area contributed by atoms with Gasteiger partial charge in [0, 0.05) is 9.85 Å². The van der Waals surface area contributed by atoms with Crippen molar-refractivity contribution in [2.75, 3.05) is 0 Å². The molecule has 0 aliphatic carbocycles. The topological polar surface area (TPSA) is 69.7 Å². The Morgan fingerprint density at radius 2 is 2.11 bits per heavy atom. The van der Waals surface area contributed by atoms with E-state index in [1.54, 1.807) is 35.8 Å². The maximum absolute atomic E-state index is 11.1. The van der Waals surface area contributed by atoms with Gasteiger partial charge in [-0.3, -0.25) is 0 Å². The van der Waals surface area contributed by atoms with Gasteiger partial charge < -0.3 is 14.9 Å². The third-order valence-corrected chi connectivity index (χ3v) is 3.69. The van der Waals surface area contributed by atoms with Crippen LogP contribution in [0.15, 0.2) is 40.3 Å². The summed E-state index contributed by atoms with van der Waals surface area (Å²) in [7, 11) is 0. The average molecular weight is 340 g/mol. The summed E-state index contributed by atoms with van der Waals surface area (Å²) < 4.78 is 7.79. The summed E-state index contributed by atoms with van der Waals surface area (Å²) in [6.07, 6.45) is 1.60. The number of hydrogen-bond donors (Lipinski definition) is 0. The minimum absolute atomic E-state index is 0.000766. The van der Waals surface area contributed by atoms with Gasteiger partial charge in [-0.05, 0) is 29.2 Å². The lowest BCUT2D eigenvalue weighted by Gasteiger charge is -2.02. The molecule has 96 valence electrons. The van der Waals surface area contributed by atoms with E-state index in [0.717, 1.165) is 4.47 Å². The largest absolute Gasteiger partial charge is 0.433 e. The summed E-state index contributed by atoms with van der Waals surface area (Å²) in [4.78, 5) is 15.2. The molecule has 1 aromatic carbocycles. The zero-order chi connectivity index (χ0) is 13.4. The molecule has 0 fully saturated rings. The smallest absolute Gasteiger partial charge is 0.393 e. The Bertz CT molecular complexity index is 750. The van der Waals surface area contributed by atoms with Gasteiger partial charge in [0.1, 0.15) is 11.9 Å². The van der Waals surface area contributed by atoms with Crippen molar-refractivity contribution in [3.8, 4) is 11.6 Å². The van der Waals surface area contributed by atoms with Gasteiger partial charge in [-0.15, -0.1) is 0 Å². The van der Waals surface area contributed by atoms with Crippen molar-refractivity contribution in [3.63, 3.8) is 0 Å². The number of fused-ring (bicyclic) bond motifs is 1. The second-order valence-electron chi connectivity index (χ2n) is 3.61. The molecular weight excluding hydrogens is 334 g/mol. The van der Waals surface area contributed by atoms with Crippen LogP contribution in [0.2, 0.25) is 0 Å². The van der Waals surface area contributed by atoms with E-state index in [0.29, 0.717) is 10.7 Å². The van der Waals surface area contributed by atoms with Gasteiger partial charge in [0.25, 0.3) is 4.96 Å². The van der Waals surface area contributed by atoms with Crippen LogP contribution in [0, 0.1) is 10.1 Å². The van der Waals surface area contributed by atoms with Crippen molar-refractivity contribution in [1.29, 1.82) is 0 Å². The number of ether oxygens (including phenoxy) is 1. The fraction of sp³-hybridized carbons (Fsp3) is 0. The zero-order valence-corrected chi connectivity index (χ0v) is 11.7. The van der Waals surface area contributed by atoms with Crippen LogP contribution >= 0.6 is 27.3 Å². The molecule has 6 nitrogen and oxygen atoms in total. The molecule has 0 radical (unpaired) electrons. The van der Waals surface area contributed by atoms with Gasteiger partial charge >= 0.3 is 11.7 Å². The van der Waals surface area contributed by atoms with Crippen LogP contribution in [-0.4, -0.2) is 14.3 Å². The predicted octanol–water partition coefficient (Wildman–Crippen LogP) is 3.86. The zero-order valence-electron chi connectivity index (χ0n) is 9.32. The first-order chi connectivity index (χ1) is 9.15. The fourth-order valence-corrected chi connectivity index (χ4v) is 2.57. The Balaban J connectivity index is 2.04. The van der Waals surface area contributed by atoms with Crippen molar-refractivity contribution < 1.29 is 9.66 Å². The molecule has 0 spiro atoms. The van der Waals surface area contributed by atoms with E-state index in [-0.39, 0.29) is 11.7 Å². The van der Waals surface area contributed by atoms with Crippen LogP contribution in [0.4, 0.5) is 5.82 Å². The molecule has 2 aromatic heterocycles. The van der Waals surface area contributed by atoms with Crippen molar-refractivity contribution in [3.05, 3.63) is 50.4 Å². The second-order valence-corrected chi connectivity index (χ2v) is 5.40. The Labute approximate surface area is 119 Å². The number of halogens is 1. The van der Waals surface area contributed by atoms with Gasteiger partial charge in [-0.1, -0.05) is 27.3 Å². The molecule has 0 bridgehead atoms. The van der Waals surface area contributed by atoms with Crippen LogP contribution in [0.3, 0.4) is 0 Å². The highest BCUT2D eigenvalue weighted by Gasteiger charge is 2.25. The summed E-state index contributed by atoms with van der Waals surface area (Å²) in [5.41, 5.74) is 0. The van der Waals surface area contributed by atoms with Crippen LogP contribution in [0.25, 0.3) is 4.96 Å². The lowest BCUT2D eigenvalue weighted by Crippen LogP contribution is -1.95. The molecule has 0 unspecified atom stereocenters. The number of hydrogen-bond acceptors (Lipinski definition) is 5. The molecule has 0 saturated carbocycles. The maximum atomic E-state index is 11.1. The Kier molecular flexibility index (Phi) is 2.96. The maximum Gasteiger partial charge on any atom is 0.393 e. The highest BCUT2D eigenvalue weighted by atomic mass is 79.9. The number of rotatable bonds is 3.